The molecule has 1 atom stereocenters. The van der Waals surface area contributed by atoms with Crippen LogP contribution >= 0.6 is 11.6 Å². The summed E-state index contributed by atoms with van der Waals surface area (Å²) in [7, 11) is 0. The normalized spacial score (nSPS) is 16.5. The molecule has 1 aromatic rings. The summed E-state index contributed by atoms with van der Waals surface area (Å²) in [5.74, 6) is 0.500. The van der Waals surface area contributed by atoms with Crippen molar-refractivity contribution < 1.29 is 9.53 Å². The highest BCUT2D eigenvalue weighted by Crippen LogP contribution is 2.31. The van der Waals surface area contributed by atoms with Gasteiger partial charge >= 0.3 is 5.97 Å². The summed E-state index contributed by atoms with van der Waals surface area (Å²) in [6.07, 6.45) is 4.15. The topological polar surface area (TPSA) is 38.3 Å². The van der Waals surface area contributed by atoms with Crippen LogP contribution in [0.15, 0.2) is 24.3 Å². The first-order valence-electron chi connectivity index (χ1n) is 7.32. The Hall–Kier alpha value is -1.06. The smallest absolute Gasteiger partial charge is 0.307 e. The van der Waals surface area contributed by atoms with Crippen LogP contribution in [0.25, 0.3) is 0 Å². The van der Waals surface area contributed by atoms with Crippen molar-refractivity contribution in [1.29, 1.82) is 0 Å². The molecule has 0 aliphatic heterocycles. The van der Waals surface area contributed by atoms with Gasteiger partial charge in [0.05, 0.1) is 13.0 Å². The van der Waals surface area contributed by atoms with Gasteiger partial charge in [0.1, 0.15) is 0 Å². The van der Waals surface area contributed by atoms with Gasteiger partial charge in [-0.25, -0.2) is 0 Å². The number of hydrogen-bond donors (Lipinski definition) is 1. The first kappa shape index (κ1) is 15.3. The van der Waals surface area contributed by atoms with E-state index in [0.29, 0.717) is 18.9 Å². The van der Waals surface area contributed by atoms with E-state index < -0.39 is 0 Å². The van der Waals surface area contributed by atoms with Crippen LogP contribution in [0.2, 0.25) is 5.02 Å². The van der Waals surface area contributed by atoms with Gasteiger partial charge in [-0.1, -0.05) is 30.2 Å². The van der Waals surface area contributed by atoms with Gasteiger partial charge in [-0.3, -0.25) is 4.79 Å². The third-order valence-corrected chi connectivity index (χ3v) is 4.14. The predicted molar refractivity (Wildman–Crippen MR) is 80.7 cm³/mol. The Balaban J connectivity index is 1.86. The Bertz CT molecular complexity index is 429. The summed E-state index contributed by atoms with van der Waals surface area (Å²) >= 11 is 5.88. The van der Waals surface area contributed by atoms with Crippen LogP contribution in [-0.2, 0) is 16.1 Å². The molecule has 1 N–H and O–H groups in total. The lowest BCUT2D eigenvalue weighted by atomic mass is 9.78. The van der Waals surface area contributed by atoms with Crippen LogP contribution in [-0.4, -0.2) is 18.6 Å². The zero-order valence-corrected chi connectivity index (χ0v) is 12.7. The number of ether oxygens (including phenoxy) is 1. The van der Waals surface area contributed by atoms with Crippen LogP contribution in [0.4, 0.5) is 0 Å². The summed E-state index contributed by atoms with van der Waals surface area (Å²) in [6, 6.07) is 8.03. The van der Waals surface area contributed by atoms with E-state index in [9.17, 15) is 4.79 Å². The summed E-state index contributed by atoms with van der Waals surface area (Å²) in [5, 5.41) is 4.25. The summed E-state index contributed by atoms with van der Waals surface area (Å²) in [6.45, 7) is 3.06. The van der Waals surface area contributed by atoms with E-state index in [0.717, 1.165) is 11.6 Å². The third-order valence-electron chi connectivity index (χ3n) is 3.89. The average Bonchev–Trinajstić information content (AvgIpc) is 2.36. The molecule has 0 aromatic heterocycles. The van der Waals surface area contributed by atoms with Gasteiger partial charge in [0.15, 0.2) is 0 Å². The highest BCUT2D eigenvalue weighted by Gasteiger charge is 2.29. The van der Waals surface area contributed by atoms with Gasteiger partial charge in [-0.2, -0.15) is 0 Å². The second kappa shape index (κ2) is 7.65. The first-order valence-corrected chi connectivity index (χ1v) is 7.70. The van der Waals surface area contributed by atoms with Crippen molar-refractivity contribution in [2.75, 3.05) is 6.61 Å². The molecule has 1 aliphatic rings. The predicted octanol–water partition coefficient (Wildman–Crippen LogP) is 3.55. The van der Waals surface area contributed by atoms with Crippen molar-refractivity contribution >= 4 is 17.6 Å². The first-order chi connectivity index (χ1) is 9.69. The third kappa shape index (κ3) is 4.50. The number of hydrogen-bond acceptors (Lipinski definition) is 3. The Morgan fingerprint density at radius 2 is 2.10 bits per heavy atom. The molecule has 110 valence electrons. The minimum Gasteiger partial charge on any atom is -0.466 e. The molecule has 1 saturated carbocycles. The van der Waals surface area contributed by atoms with E-state index in [2.05, 4.69) is 5.32 Å². The second-order valence-electron chi connectivity index (χ2n) is 5.31. The van der Waals surface area contributed by atoms with Crippen molar-refractivity contribution in [3.63, 3.8) is 0 Å². The number of esters is 1. The van der Waals surface area contributed by atoms with Crippen molar-refractivity contribution in [3.05, 3.63) is 34.9 Å². The molecule has 20 heavy (non-hydrogen) atoms. The summed E-state index contributed by atoms with van der Waals surface area (Å²) in [4.78, 5) is 11.7. The van der Waals surface area contributed by atoms with E-state index in [4.69, 9.17) is 16.3 Å². The Kier molecular flexibility index (Phi) is 5.86. The molecule has 0 radical (unpaired) electrons. The molecule has 1 fully saturated rings. The monoisotopic (exact) mass is 295 g/mol. The molecule has 4 heteroatoms. The molecule has 2 rings (SSSR count). The molecular weight excluding hydrogens is 274 g/mol. The largest absolute Gasteiger partial charge is 0.466 e. The number of halogens is 1. The van der Waals surface area contributed by atoms with Crippen molar-refractivity contribution in [2.45, 2.75) is 45.2 Å². The molecule has 1 aromatic carbocycles. The van der Waals surface area contributed by atoms with Gasteiger partial charge in [-0.15, -0.1) is 0 Å². The summed E-state index contributed by atoms with van der Waals surface area (Å²) < 4.78 is 5.06. The Morgan fingerprint density at radius 1 is 1.40 bits per heavy atom. The Labute approximate surface area is 125 Å². The number of rotatable bonds is 7. The zero-order valence-electron chi connectivity index (χ0n) is 11.9. The van der Waals surface area contributed by atoms with E-state index in [1.54, 1.807) is 0 Å². The van der Waals surface area contributed by atoms with Crippen molar-refractivity contribution in [3.8, 4) is 0 Å². The van der Waals surface area contributed by atoms with Gasteiger partial charge < -0.3 is 10.1 Å². The van der Waals surface area contributed by atoms with Crippen molar-refractivity contribution in [2.24, 2.45) is 5.92 Å². The van der Waals surface area contributed by atoms with E-state index >= 15 is 0 Å². The standard InChI is InChI=1S/C16H22ClNO2/c1-2-20-16(19)10-15(13-4-3-5-13)18-11-12-6-8-14(17)9-7-12/h6-9,13,15,18H,2-5,10-11H2,1H3. The van der Waals surface area contributed by atoms with Gasteiger partial charge in [0.2, 0.25) is 0 Å². The SMILES string of the molecule is CCOC(=O)CC(NCc1ccc(Cl)cc1)C1CCC1. The molecule has 0 amide bonds. The molecule has 1 aliphatic carbocycles. The van der Waals surface area contributed by atoms with E-state index in [-0.39, 0.29) is 12.0 Å². The van der Waals surface area contributed by atoms with Gasteiger partial charge in [-0.05, 0) is 43.4 Å². The minimum absolute atomic E-state index is 0.104. The molecule has 1 unspecified atom stereocenters. The maximum atomic E-state index is 11.7. The van der Waals surface area contributed by atoms with Crippen LogP contribution in [0.1, 0.15) is 38.2 Å². The molecular formula is C16H22ClNO2. The lowest BCUT2D eigenvalue weighted by Crippen LogP contribution is -2.41. The van der Waals surface area contributed by atoms with Crippen LogP contribution in [0, 0.1) is 5.92 Å². The fourth-order valence-electron chi connectivity index (χ4n) is 2.50. The number of carbonyl (C=O) groups is 1. The maximum Gasteiger partial charge on any atom is 0.307 e. The maximum absolute atomic E-state index is 11.7. The number of nitrogens with one attached hydrogen (secondary N) is 1. The van der Waals surface area contributed by atoms with Crippen LogP contribution in [0.5, 0.6) is 0 Å². The highest BCUT2D eigenvalue weighted by atomic mass is 35.5. The molecule has 3 nitrogen and oxygen atoms in total. The summed E-state index contributed by atoms with van der Waals surface area (Å²) in [5.41, 5.74) is 1.18. The van der Waals surface area contributed by atoms with Crippen LogP contribution in [0.3, 0.4) is 0 Å². The van der Waals surface area contributed by atoms with Crippen LogP contribution < -0.4 is 5.32 Å². The van der Waals surface area contributed by atoms with E-state index in [1.807, 2.05) is 31.2 Å². The molecule has 0 bridgehead atoms. The fourth-order valence-corrected chi connectivity index (χ4v) is 2.62. The average molecular weight is 296 g/mol. The fraction of sp³-hybridized carbons (Fsp3) is 0.562. The van der Waals surface area contributed by atoms with Gasteiger partial charge in [0, 0.05) is 17.6 Å². The van der Waals surface area contributed by atoms with Gasteiger partial charge in [0.25, 0.3) is 0 Å². The van der Waals surface area contributed by atoms with Crippen molar-refractivity contribution in [1.82, 2.24) is 5.32 Å². The second-order valence-corrected chi connectivity index (χ2v) is 5.75. The zero-order chi connectivity index (χ0) is 14.4. The van der Waals surface area contributed by atoms with E-state index in [1.165, 1.54) is 24.8 Å². The number of benzene rings is 1. The molecule has 0 spiro atoms. The number of carbonyl (C=O) groups excluding carboxylic acids is 1. The highest BCUT2D eigenvalue weighted by molar-refractivity contribution is 6.30. The quantitative estimate of drug-likeness (QED) is 0.782. The lowest BCUT2D eigenvalue weighted by Gasteiger charge is -2.34. The Morgan fingerprint density at radius 3 is 2.65 bits per heavy atom. The minimum atomic E-state index is -0.104. The lowest BCUT2D eigenvalue weighted by molar-refractivity contribution is -0.144. The molecule has 0 heterocycles. The molecule has 0 saturated heterocycles.